The molecule has 0 aliphatic heterocycles. The molecule has 0 saturated carbocycles. The van der Waals surface area contributed by atoms with Gasteiger partial charge in [0.25, 0.3) is 0 Å². The minimum Gasteiger partial charge on any atom is -0.462 e. The molecule has 0 radical (unpaired) electrons. The molecule has 0 amide bonds. The first kappa shape index (κ1) is 43.8. The Kier molecular flexibility index (Phi) is 32.5. The van der Waals surface area contributed by atoms with Gasteiger partial charge in [0.15, 0.2) is 6.10 Å². The van der Waals surface area contributed by atoms with Crippen molar-refractivity contribution in [3.8, 4) is 0 Å². The van der Waals surface area contributed by atoms with Crippen LogP contribution in [0.5, 0.6) is 0 Å². The number of aliphatic hydroxyl groups is 2. The number of esters is 2. The number of allylic oxidation sites excluding steroid dienone is 6. The third-order valence-corrected chi connectivity index (χ3v) is 7.88. The Labute approximate surface area is 282 Å². The standard InChI is InChI=1S/C40H70O6/c1-4-5-6-7-14-20-25-30-37(42)31-26-21-16-13-18-22-27-32-39(43)45-35-38(34-41)46-40(44)33-28-23-17-12-10-8-9-11-15-19-24-29-36(2)3/h13-14,18,20-21,25-26,30,36-38,41-42H,4-12,15-17,19,22-24,27-29,31-35H2,1-3H3/b18-13+,20-14-,26-21-,30-25-/t37-,38+/m1/s1. The molecular weight excluding hydrogens is 576 g/mol. The molecule has 0 heterocycles. The maximum absolute atomic E-state index is 12.1. The Morgan fingerprint density at radius 3 is 1.93 bits per heavy atom. The van der Waals surface area contributed by atoms with Crippen molar-refractivity contribution in [1.82, 2.24) is 0 Å². The van der Waals surface area contributed by atoms with Crippen LogP contribution in [0.1, 0.15) is 162 Å². The van der Waals surface area contributed by atoms with Crippen LogP contribution in [0, 0.1) is 5.92 Å². The number of hydrogen-bond donors (Lipinski definition) is 2. The highest BCUT2D eigenvalue weighted by Crippen LogP contribution is 2.14. The molecule has 6 nitrogen and oxygen atoms in total. The van der Waals surface area contributed by atoms with Gasteiger partial charge in [-0.15, -0.1) is 0 Å². The minimum atomic E-state index is -0.811. The third-order valence-electron chi connectivity index (χ3n) is 7.88. The number of carbonyl (C=O) groups excluding carboxylic acids is 2. The second-order valence-electron chi connectivity index (χ2n) is 13.0. The van der Waals surface area contributed by atoms with Crippen LogP contribution in [-0.2, 0) is 19.1 Å². The quantitative estimate of drug-likeness (QED) is 0.0327. The summed E-state index contributed by atoms with van der Waals surface area (Å²) in [5.41, 5.74) is 0. The molecule has 0 unspecified atom stereocenters. The first-order chi connectivity index (χ1) is 22.4. The van der Waals surface area contributed by atoms with E-state index in [9.17, 15) is 19.8 Å². The Morgan fingerprint density at radius 1 is 0.674 bits per heavy atom. The highest BCUT2D eigenvalue weighted by atomic mass is 16.6. The highest BCUT2D eigenvalue weighted by Gasteiger charge is 2.16. The SMILES string of the molecule is CCCCC/C=C\C=C/[C@@H](O)C/C=C\C/C=C/CCCC(=O)OC[C@H](CO)OC(=O)CCCCCCCCCCCCCC(C)C. The molecule has 266 valence electrons. The van der Waals surface area contributed by atoms with E-state index in [1.807, 2.05) is 42.5 Å². The Balaban J connectivity index is 3.75. The van der Waals surface area contributed by atoms with E-state index in [4.69, 9.17) is 9.47 Å². The molecule has 0 aromatic rings. The molecule has 6 heteroatoms. The van der Waals surface area contributed by atoms with E-state index >= 15 is 0 Å². The van der Waals surface area contributed by atoms with Crippen LogP contribution >= 0.6 is 0 Å². The van der Waals surface area contributed by atoms with Gasteiger partial charge in [-0.3, -0.25) is 9.59 Å². The first-order valence-corrected chi connectivity index (χ1v) is 18.7. The fourth-order valence-corrected chi connectivity index (χ4v) is 4.99. The molecule has 0 aromatic carbocycles. The zero-order valence-electron chi connectivity index (χ0n) is 29.8. The summed E-state index contributed by atoms with van der Waals surface area (Å²) in [4.78, 5) is 24.2. The van der Waals surface area contributed by atoms with Crippen molar-refractivity contribution in [1.29, 1.82) is 0 Å². The van der Waals surface area contributed by atoms with E-state index in [0.717, 1.165) is 44.4 Å². The van der Waals surface area contributed by atoms with E-state index in [1.165, 1.54) is 77.0 Å². The number of hydrogen-bond acceptors (Lipinski definition) is 6. The van der Waals surface area contributed by atoms with Crippen molar-refractivity contribution in [2.24, 2.45) is 5.92 Å². The van der Waals surface area contributed by atoms with Crippen molar-refractivity contribution < 1.29 is 29.3 Å². The van der Waals surface area contributed by atoms with Gasteiger partial charge in [-0.2, -0.15) is 0 Å². The van der Waals surface area contributed by atoms with Crippen molar-refractivity contribution in [3.63, 3.8) is 0 Å². The molecule has 0 aromatic heterocycles. The lowest BCUT2D eigenvalue weighted by Crippen LogP contribution is -2.28. The van der Waals surface area contributed by atoms with Gasteiger partial charge >= 0.3 is 11.9 Å². The number of ether oxygens (including phenoxy) is 2. The van der Waals surface area contributed by atoms with E-state index in [0.29, 0.717) is 19.3 Å². The predicted octanol–water partition coefficient (Wildman–Crippen LogP) is 10.3. The second-order valence-corrected chi connectivity index (χ2v) is 13.0. The molecule has 0 spiro atoms. The molecule has 0 rings (SSSR count). The predicted molar refractivity (Wildman–Crippen MR) is 193 cm³/mol. The lowest BCUT2D eigenvalue weighted by atomic mass is 10.0. The van der Waals surface area contributed by atoms with Gasteiger partial charge in [0.05, 0.1) is 12.7 Å². The number of carbonyl (C=O) groups is 2. The molecule has 2 N–H and O–H groups in total. The smallest absolute Gasteiger partial charge is 0.306 e. The van der Waals surface area contributed by atoms with E-state index in [-0.39, 0.29) is 31.6 Å². The highest BCUT2D eigenvalue weighted by molar-refractivity contribution is 5.70. The van der Waals surface area contributed by atoms with Crippen LogP contribution in [0.25, 0.3) is 0 Å². The largest absolute Gasteiger partial charge is 0.462 e. The lowest BCUT2D eigenvalue weighted by molar-refractivity contribution is -0.161. The van der Waals surface area contributed by atoms with Crippen LogP contribution in [0.2, 0.25) is 0 Å². The summed E-state index contributed by atoms with van der Waals surface area (Å²) < 4.78 is 10.5. The van der Waals surface area contributed by atoms with Crippen molar-refractivity contribution >= 4 is 11.9 Å². The molecule has 0 aliphatic carbocycles. The Bertz CT molecular complexity index is 813. The van der Waals surface area contributed by atoms with Gasteiger partial charge in [0, 0.05) is 12.8 Å². The van der Waals surface area contributed by atoms with Crippen LogP contribution in [0.4, 0.5) is 0 Å². The zero-order valence-corrected chi connectivity index (χ0v) is 29.8. The topological polar surface area (TPSA) is 93.1 Å². The normalized spacial score (nSPS) is 13.5. The molecular formula is C40H70O6. The first-order valence-electron chi connectivity index (χ1n) is 18.7. The molecule has 0 saturated heterocycles. The van der Waals surface area contributed by atoms with Gasteiger partial charge < -0.3 is 19.7 Å². The maximum atomic E-state index is 12.1. The molecule has 0 aliphatic rings. The molecule has 0 fully saturated rings. The average molecular weight is 647 g/mol. The van der Waals surface area contributed by atoms with Crippen LogP contribution in [0.15, 0.2) is 48.6 Å². The summed E-state index contributed by atoms with van der Waals surface area (Å²) in [5, 5.41) is 19.5. The van der Waals surface area contributed by atoms with Crippen molar-refractivity contribution in [3.05, 3.63) is 48.6 Å². The average Bonchev–Trinajstić information content (AvgIpc) is 3.03. The van der Waals surface area contributed by atoms with Crippen LogP contribution < -0.4 is 0 Å². The van der Waals surface area contributed by atoms with E-state index in [2.05, 4.69) is 26.8 Å². The minimum absolute atomic E-state index is 0.115. The summed E-state index contributed by atoms with van der Waals surface area (Å²) in [6, 6.07) is 0. The summed E-state index contributed by atoms with van der Waals surface area (Å²) in [6.45, 7) is 6.31. The van der Waals surface area contributed by atoms with Gasteiger partial charge in [-0.05, 0) is 50.9 Å². The van der Waals surface area contributed by atoms with Gasteiger partial charge in [0.1, 0.15) is 6.61 Å². The summed E-state index contributed by atoms with van der Waals surface area (Å²) in [6.07, 6.45) is 37.7. The number of rotatable bonds is 32. The third kappa shape index (κ3) is 33.2. The van der Waals surface area contributed by atoms with Gasteiger partial charge in [-0.1, -0.05) is 153 Å². The summed E-state index contributed by atoms with van der Waals surface area (Å²) >= 11 is 0. The van der Waals surface area contributed by atoms with Crippen molar-refractivity contribution in [2.45, 2.75) is 174 Å². The molecule has 2 atom stereocenters. The fourth-order valence-electron chi connectivity index (χ4n) is 4.99. The van der Waals surface area contributed by atoms with Crippen molar-refractivity contribution in [2.75, 3.05) is 13.2 Å². The molecule has 46 heavy (non-hydrogen) atoms. The lowest BCUT2D eigenvalue weighted by Gasteiger charge is -2.15. The van der Waals surface area contributed by atoms with E-state index in [1.54, 1.807) is 0 Å². The maximum Gasteiger partial charge on any atom is 0.306 e. The van der Waals surface area contributed by atoms with Crippen LogP contribution in [0.3, 0.4) is 0 Å². The van der Waals surface area contributed by atoms with Gasteiger partial charge in [0.2, 0.25) is 0 Å². The Hall–Kier alpha value is -2.18. The van der Waals surface area contributed by atoms with Gasteiger partial charge in [-0.25, -0.2) is 0 Å². The Morgan fingerprint density at radius 2 is 1.28 bits per heavy atom. The second kappa shape index (κ2) is 34.2. The fraction of sp³-hybridized carbons (Fsp3) is 0.750. The number of unbranched alkanes of at least 4 members (excludes halogenated alkanes) is 14. The summed E-state index contributed by atoms with van der Waals surface area (Å²) in [5.74, 6) is 0.125. The van der Waals surface area contributed by atoms with Crippen LogP contribution in [-0.4, -0.2) is 47.6 Å². The van der Waals surface area contributed by atoms with E-state index < -0.39 is 12.2 Å². The summed E-state index contributed by atoms with van der Waals surface area (Å²) in [7, 11) is 0. The zero-order chi connectivity index (χ0) is 33.9. The molecule has 0 bridgehead atoms. The number of aliphatic hydroxyl groups excluding tert-OH is 2. The monoisotopic (exact) mass is 647 g/mol.